The van der Waals surface area contributed by atoms with Crippen molar-refractivity contribution in [2.75, 3.05) is 26.7 Å². The Hall–Kier alpha value is -1.22. The smallest absolute Gasteiger partial charge is 0.411 e. The molecule has 3 atom stereocenters. The Morgan fingerprint density at radius 3 is 2.29 bits per heavy atom. The van der Waals surface area contributed by atoms with Gasteiger partial charge in [0.2, 0.25) is 0 Å². The van der Waals surface area contributed by atoms with Crippen molar-refractivity contribution < 1.29 is 32.2 Å². The first-order chi connectivity index (χ1) is 10.4. The van der Waals surface area contributed by atoms with Crippen molar-refractivity contribution in [1.82, 2.24) is 10.2 Å². The molecule has 0 radical (unpaired) electrons. The van der Waals surface area contributed by atoms with Gasteiger partial charge < -0.3 is 14.8 Å². The van der Waals surface area contributed by atoms with Crippen molar-refractivity contribution in [2.24, 2.45) is 11.3 Å². The fraction of sp³-hybridized carbons (Fsp3) is 0.857. The van der Waals surface area contributed by atoms with Crippen molar-refractivity contribution in [2.45, 2.75) is 38.6 Å². The molecule has 0 bridgehead atoms. The van der Waals surface area contributed by atoms with Gasteiger partial charge in [-0.25, -0.2) is 9.59 Å². The Bertz CT molecular complexity index is 509. The third-order valence-corrected chi connectivity index (χ3v) is 4.32. The number of rotatable bonds is 1. The van der Waals surface area contributed by atoms with Gasteiger partial charge in [-0.1, -0.05) is 0 Å². The lowest BCUT2D eigenvalue weighted by Gasteiger charge is -2.30. The monoisotopic (exact) mass is 374 g/mol. The van der Waals surface area contributed by atoms with Crippen LogP contribution in [0.25, 0.3) is 0 Å². The molecule has 10 heteroatoms. The molecule has 2 rings (SSSR count). The average Bonchev–Trinajstić information content (AvgIpc) is 2.91. The molecule has 1 amide bonds. The van der Waals surface area contributed by atoms with Crippen molar-refractivity contribution in [1.29, 1.82) is 0 Å². The number of halogens is 4. The number of likely N-dealkylation sites (tertiary alicyclic amines) is 1. The van der Waals surface area contributed by atoms with E-state index >= 15 is 0 Å². The summed E-state index contributed by atoms with van der Waals surface area (Å²) in [5.74, 6) is -1.96. The second-order valence-electron chi connectivity index (χ2n) is 6.97. The number of alkyl halides is 3. The zero-order valence-corrected chi connectivity index (χ0v) is 14.7. The molecular formula is C14H22ClF3N2O4. The lowest BCUT2D eigenvalue weighted by Crippen LogP contribution is -2.47. The van der Waals surface area contributed by atoms with Crippen molar-refractivity contribution in [3.8, 4) is 0 Å². The van der Waals surface area contributed by atoms with Crippen LogP contribution in [0.15, 0.2) is 0 Å². The minimum atomic E-state index is -4.55. The highest BCUT2D eigenvalue weighted by Crippen LogP contribution is 2.53. The summed E-state index contributed by atoms with van der Waals surface area (Å²) < 4.78 is 50.7. The van der Waals surface area contributed by atoms with Gasteiger partial charge in [-0.15, -0.1) is 12.4 Å². The van der Waals surface area contributed by atoms with Crippen LogP contribution in [0.5, 0.6) is 0 Å². The molecule has 140 valence electrons. The Morgan fingerprint density at radius 1 is 1.25 bits per heavy atom. The second kappa shape index (κ2) is 6.59. The number of carbonyl (C=O) groups excluding carboxylic acids is 2. The van der Waals surface area contributed by atoms with E-state index in [1.165, 1.54) is 0 Å². The predicted octanol–water partition coefficient (Wildman–Crippen LogP) is 1.97. The molecule has 1 N–H and O–H groups in total. The number of esters is 1. The molecule has 2 aliphatic heterocycles. The molecule has 24 heavy (non-hydrogen) atoms. The Morgan fingerprint density at radius 2 is 1.83 bits per heavy atom. The van der Waals surface area contributed by atoms with Gasteiger partial charge >= 0.3 is 18.2 Å². The molecule has 0 aromatic carbocycles. The topological polar surface area (TPSA) is 67.9 Å². The zero-order chi connectivity index (χ0) is 17.6. The highest BCUT2D eigenvalue weighted by molar-refractivity contribution is 5.85. The van der Waals surface area contributed by atoms with E-state index in [9.17, 15) is 22.8 Å². The fourth-order valence-corrected chi connectivity index (χ4v) is 3.29. The van der Waals surface area contributed by atoms with Gasteiger partial charge in [0.1, 0.15) is 17.1 Å². The van der Waals surface area contributed by atoms with E-state index in [2.05, 4.69) is 10.1 Å². The summed E-state index contributed by atoms with van der Waals surface area (Å²) >= 11 is 0. The van der Waals surface area contributed by atoms with Crippen LogP contribution in [0.1, 0.15) is 20.8 Å². The molecule has 0 aromatic rings. The highest BCUT2D eigenvalue weighted by atomic mass is 35.5. The third-order valence-electron chi connectivity index (χ3n) is 4.32. The Kier molecular flexibility index (Phi) is 5.72. The number of nitrogens with zero attached hydrogens (tertiary/aromatic N) is 1. The maximum Gasteiger partial charge on any atom is 0.411 e. The molecule has 2 aliphatic rings. The number of hydrogen-bond acceptors (Lipinski definition) is 5. The fourth-order valence-electron chi connectivity index (χ4n) is 3.29. The quantitative estimate of drug-likeness (QED) is 0.711. The first-order valence-electron chi connectivity index (χ1n) is 7.28. The van der Waals surface area contributed by atoms with E-state index in [-0.39, 0.29) is 25.5 Å². The highest BCUT2D eigenvalue weighted by Gasteiger charge is 2.70. The van der Waals surface area contributed by atoms with Gasteiger partial charge in [-0.05, 0) is 20.8 Å². The number of hydrogen-bond donors (Lipinski definition) is 1. The van der Waals surface area contributed by atoms with Crippen molar-refractivity contribution in [3.63, 3.8) is 0 Å². The summed E-state index contributed by atoms with van der Waals surface area (Å²) in [6.45, 7) is 3.84. The second-order valence-corrected chi connectivity index (χ2v) is 6.97. The molecule has 2 saturated heterocycles. The minimum Gasteiger partial charge on any atom is -0.467 e. The minimum absolute atomic E-state index is 0. The Labute approximate surface area is 144 Å². The summed E-state index contributed by atoms with van der Waals surface area (Å²) in [6.07, 6.45) is -5.49. The van der Waals surface area contributed by atoms with Gasteiger partial charge in [0.25, 0.3) is 0 Å². The van der Waals surface area contributed by atoms with Gasteiger partial charge in [0.15, 0.2) is 0 Å². The van der Waals surface area contributed by atoms with Crippen molar-refractivity contribution in [3.05, 3.63) is 0 Å². The molecule has 0 unspecified atom stereocenters. The van der Waals surface area contributed by atoms with Gasteiger partial charge in [-0.2, -0.15) is 13.2 Å². The van der Waals surface area contributed by atoms with Crippen LogP contribution in [0, 0.1) is 11.3 Å². The van der Waals surface area contributed by atoms with Crippen LogP contribution in [-0.4, -0.2) is 61.5 Å². The van der Waals surface area contributed by atoms with Gasteiger partial charge in [0, 0.05) is 25.6 Å². The number of ether oxygens (including phenoxy) is 2. The molecule has 0 aliphatic carbocycles. The zero-order valence-electron chi connectivity index (χ0n) is 13.9. The largest absolute Gasteiger partial charge is 0.467 e. The first-order valence-corrected chi connectivity index (χ1v) is 7.28. The number of methoxy groups -OCH3 is 1. The lowest BCUT2D eigenvalue weighted by molar-refractivity contribution is -0.221. The van der Waals surface area contributed by atoms with Crippen LogP contribution in [0.3, 0.4) is 0 Å². The molecule has 2 fully saturated rings. The van der Waals surface area contributed by atoms with Crippen LogP contribution in [0.2, 0.25) is 0 Å². The van der Waals surface area contributed by atoms with E-state index in [4.69, 9.17) is 4.74 Å². The normalized spacial score (nSPS) is 29.7. The van der Waals surface area contributed by atoms with E-state index in [0.717, 1.165) is 12.0 Å². The molecule has 0 saturated carbocycles. The van der Waals surface area contributed by atoms with E-state index in [0.29, 0.717) is 0 Å². The van der Waals surface area contributed by atoms with Crippen LogP contribution in [0.4, 0.5) is 18.0 Å². The number of nitrogens with one attached hydrogen (secondary N) is 1. The first kappa shape index (κ1) is 20.8. The molecule has 2 heterocycles. The number of carbonyl (C=O) groups is 2. The SMILES string of the molecule is COC(=O)[C@@H]1[C@H]2CNC[C@@]2(C(F)(F)F)CN1C(=O)OC(C)(C)C.Cl. The van der Waals surface area contributed by atoms with E-state index in [1.54, 1.807) is 20.8 Å². The Balaban J connectivity index is 0.00000288. The maximum absolute atomic E-state index is 13.7. The average molecular weight is 375 g/mol. The summed E-state index contributed by atoms with van der Waals surface area (Å²) in [7, 11) is 1.09. The maximum atomic E-state index is 13.7. The van der Waals surface area contributed by atoms with Crippen LogP contribution < -0.4 is 5.32 Å². The number of fused-ring (bicyclic) bond motifs is 1. The molecule has 0 aromatic heterocycles. The summed E-state index contributed by atoms with van der Waals surface area (Å²) in [6, 6.07) is -1.31. The van der Waals surface area contributed by atoms with Crippen molar-refractivity contribution >= 4 is 24.5 Å². The summed E-state index contributed by atoms with van der Waals surface area (Å²) in [5, 5.41) is 2.68. The third kappa shape index (κ3) is 3.42. The number of amides is 1. The standard InChI is InChI=1S/C14H21F3N2O4.ClH/c1-12(2,3)23-11(21)19-7-13(14(15,16)17)6-18-5-8(13)9(19)10(20)22-4;/h8-9,18H,5-7H2,1-4H3;1H/t8-,9+,13-;/m1./s1. The van der Waals surface area contributed by atoms with Crippen LogP contribution in [-0.2, 0) is 14.3 Å². The van der Waals surface area contributed by atoms with E-state index in [1.807, 2.05) is 0 Å². The molecular weight excluding hydrogens is 353 g/mol. The van der Waals surface area contributed by atoms with Gasteiger partial charge in [-0.3, -0.25) is 4.90 Å². The predicted molar refractivity (Wildman–Crippen MR) is 80.8 cm³/mol. The molecule has 0 spiro atoms. The van der Waals surface area contributed by atoms with E-state index < -0.39 is 47.8 Å². The molecule has 6 nitrogen and oxygen atoms in total. The van der Waals surface area contributed by atoms with Gasteiger partial charge in [0.05, 0.1) is 7.11 Å². The lowest BCUT2D eigenvalue weighted by atomic mass is 9.77. The summed E-state index contributed by atoms with van der Waals surface area (Å²) in [5.41, 5.74) is -3.04. The summed E-state index contributed by atoms with van der Waals surface area (Å²) in [4.78, 5) is 25.2. The van der Waals surface area contributed by atoms with Crippen LogP contribution >= 0.6 is 12.4 Å².